The average molecular weight is 759 g/mol. The summed E-state index contributed by atoms with van der Waals surface area (Å²) >= 11 is 0. The van der Waals surface area contributed by atoms with E-state index >= 15 is 0 Å². The molecule has 0 atom stereocenters. The van der Waals surface area contributed by atoms with Crippen molar-refractivity contribution in [2.75, 3.05) is 52.4 Å². The number of rotatable bonds is 11. The van der Waals surface area contributed by atoms with Crippen LogP contribution in [0.15, 0.2) is 60.7 Å². The van der Waals surface area contributed by atoms with Crippen molar-refractivity contribution in [3.63, 3.8) is 0 Å². The number of hydrogen-bond acceptors (Lipinski definition) is 4. The molecule has 2 heterocycles. The van der Waals surface area contributed by atoms with Crippen LogP contribution in [0.25, 0.3) is 0 Å². The molecule has 6 N–H and O–H groups in total. The molecular weight excluding hydrogens is 717 g/mol. The van der Waals surface area contributed by atoms with Crippen LogP contribution >= 0.6 is 0 Å². The maximum absolute atomic E-state index is 14.3. The van der Waals surface area contributed by atoms with Crippen LogP contribution in [0.2, 0.25) is 0 Å². The van der Waals surface area contributed by atoms with Gasteiger partial charge in [-0.1, -0.05) is 68.1 Å². The SMILES string of the molecule is C.FC1CN(Cc2ccccc2)CCN(Cc2ccccc2)C1.FC1CNCCNC1.O.O.[B][B]B(B([B])[B])B(B([B])[B])B(B([B])[B])B([B])[B].[Pd]. The van der Waals surface area contributed by atoms with Gasteiger partial charge in [-0.2, -0.15) is 0 Å². The van der Waals surface area contributed by atoms with Gasteiger partial charge in [-0.3, -0.25) is 9.80 Å². The zero-order valence-corrected chi connectivity index (χ0v) is 30.3. The molecule has 26 heteroatoms. The Morgan fingerprint density at radius 2 is 1.00 bits per heavy atom. The minimum atomic E-state index is -0.796. The van der Waals surface area contributed by atoms with Gasteiger partial charge >= 0.3 is 0 Å². The molecule has 0 unspecified atom stereocenters. The maximum atomic E-state index is 14.3. The Balaban J connectivity index is -0.000000712. The smallest absolute Gasteiger partial charge is 0.125 e. The topological polar surface area (TPSA) is 93.5 Å². The van der Waals surface area contributed by atoms with Crippen LogP contribution in [0.1, 0.15) is 18.6 Å². The molecule has 4 rings (SSSR count). The second kappa shape index (κ2) is 31.1. The van der Waals surface area contributed by atoms with Gasteiger partial charge in [0, 0.05) is 207 Å². The Morgan fingerprint density at radius 3 is 1.31 bits per heavy atom. The Kier molecular flexibility index (Phi) is 33.6. The van der Waals surface area contributed by atoms with Gasteiger partial charge in [0.1, 0.15) is 12.3 Å². The van der Waals surface area contributed by atoms with E-state index in [0.717, 1.165) is 39.3 Å². The summed E-state index contributed by atoms with van der Waals surface area (Å²) < 4.78 is 26.6. The third-order valence-corrected chi connectivity index (χ3v) is 8.24. The molecule has 51 heavy (non-hydrogen) atoms. The van der Waals surface area contributed by atoms with E-state index in [1.54, 1.807) is 0 Å². The third-order valence-electron chi connectivity index (χ3n) is 8.24. The standard InChI is InChI=1S/C19H23FN2.C5H11FN2.CH4.B17.2H2O.Pd/c20-19-15-21(13-17-7-3-1-4-8-17)11-12-22(16-19)14-18-9-5-2-6-10-18;6-5-3-7-1-2-8-4-5;;1-10-15(11(2)3)17(14(8)9)16(12(4)5)13(6)7;;;/h1-10,19H,11-16H2;5,7-8H,1-4H2;1H4;;2*1H2;. The van der Waals surface area contributed by atoms with E-state index < -0.39 is 57.0 Å². The summed E-state index contributed by atoms with van der Waals surface area (Å²) in [5.41, 5.74) is 2.51. The minimum Gasteiger partial charge on any atom is -0.412 e. The van der Waals surface area contributed by atoms with Gasteiger partial charge in [-0.05, 0) is 11.1 Å². The third kappa shape index (κ3) is 22.1. The number of hydrogen-bond donors (Lipinski definition) is 2. The quantitative estimate of drug-likeness (QED) is 0.226. The van der Waals surface area contributed by atoms with E-state index in [9.17, 15) is 8.78 Å². The van der Waals surface area contributed by atoms with Crippen LogP contribution in [0.3, 0.4) is 0 Å². The number of halogens is 2. The van der Waals surface area contributed by atoms with Crippen LogP contribution < -0.4 is 10.6 Å². The monoisotopic (exact) mass is 761 g/mol. The van der Waals surface area contributed by atoms with Crippen LogP contribution in [0, 0.1) is 0 Å². The van der Waals surface area contributed by atoms with Crippen molar-refractivity contribution < 1.29 is 40.2 Å². The molecule has 19 radical (unpaired) electrons. The molecule has 2 aliphatic rings. The molecule has 0 amide bonds. The molecule has 2 aromatic rings. The molecular formula is C25H42B17F2N4O2Pd. The average Bonchev–Trinajstić information content (AvgIpc) is 3.37. The van der Waals surface area contributed by atoms with Gasteiger partial charge in [-0.25, -0.2) is 8.78 Å². The molecule has 2 saturated heterocycles. The number of alkyl halides is 2. The van der Waals surface area contributed by atoms with Crippen LogP contribution in [0.4, 0.5) is 8.78 Å². The largest absolute Gasteiger partial charge is 0.412 e. The molecule has 249 valence electrons. The first kappa shape index (κ1) is 55.2. The van der Waals surface area contributed by atoms with Crippen molar-refractivity contribution in [1.29, 1.82) is 0 Å². The Labute approximate surface area is 337 Å². The molecule has 0 aromatic heterocycles. The summed E-state index contributed by atoms with van der Waals surface area (Å²) in [7, 11) is 52.0. The summed E-state index contributed by atoms with van der Waals surface area (Å²) in [6.07, 6.45) is -6.14. The van der Waals surface area contributed by atoms with Crippen LogP contribution in [-0.2, 0) is 33.5 Å². The normalized spacial score (nSPS) is 14.8. The fourth-order valence-electron chi connectivity index (χ4n) is 5.87. The van der Waals surface area contributed by atoms with Gasteiger partial charge in [0.05, 0.1) is 0 Å². The molecule has 0 spiro atoms. The zero-order chi connectivity index (χ0) is 34.8. The first-order valence-corrected chi connectivity index (χ1v) is 16.2. The molecule has 0 saturated carbocycles. The zero-order valence-electron chi connectivity index (χ0n) is 28.8. The van der Waals surface area contributed by atoms with Crippen molar-refractivity contribution in [2.45, 2.75) is 32.9 Å². The van der Waals surface area contributed by atoms with E-state index in [4.69, 9.17) is 69.6 Å². The van der Waals surface area contributed by atoms with Gasteiger partial charge < -0.3 is 21.6 Å². The Bertz CT molecular complexity index is 1030. The number of nitrogens with zero attached hydrogens (tertiary/aromatic N) is 2. The molecule has 2 aliphatic heterocycles. The molecule has 6 nitrogen and oxygen atoms in total. The van der Waals surface area contributed by atoms with E-state index in [-0.39, 0.29) is 38.8 Å². The van der Waals surface area contributed by atoms with Crippen molar-refractivity contribution in [3.05, 3.63) is 71.8 Å². The Morgan fingerprint density at radius 1 is 0.627 bits per heavy atom. The van der Waals surface area contributed by atoms with Crippen molar-refractivity contribution in [2.24, 2.45) is 0 Å². The molecule has 0 bridgehead atoms. The van der Waals surface area contributed by atoms with Gasteiger partial charge in [0.2, 0.25) is 0 Å². The molecule has 2 fully saturated rings. The summed E-state index contributed by atoms with van der Waals surface area (Å²) in [6.45, 7) is 7.35. The van der Waals surface area contributed by atoms with E-state index in [0.29, 0.717) is 26.2 Å². The summed E-state index contributed by atoms with van der Waals surface area (Å²) in [6, 6.07) is 20.7. The number of benzene rings is 2. The van der Waals surface area contributed by atoms with Gasteiger partial charge in [-0.15, -0.1) is 0 Å². The van der Waals surface area contributed by atoms with Crippen molar-refractivity contribution in [3.8, 4) is 0 Å². The second-order valence-electron chi connectivity index (χ2n) is 12.3. The molecule has 2 aromatic carbocycles. The fraction of sp³-hybridized carbons (Fsp3) is 0.520. The predicted molar refractivity (Wildman–Crippen MR) is 231 cm³/mol. The Hall–Kier alpha value is -0.174. The van der Waals surface area contributed by atoms with Crippen LogP contribution in [0.5, 0.6) is 0 Å². The van der Waals surface area contributed by atoms with Crippen molar-refractivity contribution >= 4 is 121 Å². The summed E-state index contributed by atoms with van der Waals surface area (Å²) in [5, 5.41) is 5.92. The van der Waals surface area contributed by atoms with E-state index in [2.05, 4.69) is 44.7 Å². The number of nitrogens with one attached hydrogen (secondary N) is 2. The van der Waals surface area contributed by atoms with E-state index in [1.807, 2.05) is 36.4 Å². The minimum absolute atomic E-state index is 0. The van der Waals surface area contributed by atoms with Gasteiger partial charge in [0.15, 0.2) is 0 Å². The van der Waals surface area contributed by atoms with Crippen LogP contribution in [-0.4, -0.2) is 207 Å². The fourth-order valence-corrected chi connectivity index (χ4v) is 5.87. The van der Waals surface area contributed by atoms with E-state index in [1.165, 1.54) is 18.2 Å². The van der Waals surface area contributed by atoms with Gasteiger partial charge in [0.25, 0.3) is 0 Å². The summed E-state index contributed by atoms with van der Waals surface area (Å²) in [4.78, 5) is 4.45. The molecule has 0 aliphatic carbocycles. The maximum Gasteiger partial charge on any atom is 0.125 e. The first-order chi connectivity index (χ1) is 22.4. The first-order valence-electron chi connectivity index (χ1n) is 16.2. The van der Waals surface area contributed by atoms with Crippen molar-refractivity contribution in [1.82, 2.24) is 20.4 Å². The second-order valence-corrected chi connectivity index (χ2v) is 12.3. The summed E-state index contributed by atoms with van der Waals surface area (Å²) in [5.74, 6) is 0. The predicted octanol–water partition coefficient (Wildman–Crippen LogP) is -4.63.